The van der Waals surface area contributed by atoms with E-state index < -0.39 is 4.92 Å². The molecule has 1 aromatic heterocycles. The number of rotatable bonds is 6. The predicted octanol–water partition coefficient (Wildman–Crippen LogP) is 6.44. The summed E-state index contributed by atoms with van der Waals surface area (Å²) in [7, 11) is 0. The van der Waals surface area contributed by atoms with Gasteiger partial charge in [0.15, 0.2) is 11.0 Å². The highest BCUT2D eigenvalue weighted by atomic mass is 35.5. The van der Waals surface area contributed by atoms with Gasteiger partial charge < -0.3 is 0 Å². The van der Waals surface area contributed by atoms with Gasteiger partial charge >= 0.3 is 0 Å². The second-order valence-electron chi connectivity index (χ2n) is 6.32. The van der Waals surface area contributed by atoms with Gasteiger partial charge in [-0.1, -0.05) is 71.4 Å². The van der Waals surface area contributed by atoms with Gasteiger partial charge in [-0.15, -0.1) is 10.2 Å². The number of non-ortho nitro benzene ring substituents is 1. The normalized spacial score (nSPS) is 10.9. The van der Waals surface area contributed by atoms with Gasteiger partial charge in [-0.2, -0.15) is 0 Å². The molecule has 0 spiro atoms. The Morgan fingerprint density at radius 2 is 1.73 bits per heavy atom. The summed E-state index contributed by atoms with van der Waals surface area (Å²) in [6, 6.07) is 21.5. The summed E-state index contributed by atoms with van der Waals surface area (Å²) < 4.78 is 1.89. The zero-order chi connectivity index (χ0) is 21.1. The Kier molecular flexibility index (Phi) is 6.03. The number of halogens is 2. The van der Waals surface area contributed by atoms with E-state index in [1.807, 2.05) is 47.0 Å². The van der Waals surface area contributed by atoms with Gasteiger partial charge in [-0.25, -0.2) is 0 Å². The maximum Gasteiger partial charge on any atom is 0.270 e. The van der Waals surface area contributed by atoms with Crippen molar-refractivity contribution < 1.29 is 4.92 Å². The molecule has 0 N–H and O–H groups in total. The first-order chi connectivity index (χ1) is 14.5. The zero-order valence-corrected chi connectivity index (χ0v) is 17.7. The van der Waals surface area contributed by atoms with Crippen molar-refractivity contribution in [2.24, 2.45) is 0 Å². The van der Waals surface area contributed by atoms with Crippen LogP contribution in [0.15, 0.2) is 78.0 Å². The minimum atomic E-state index is -0.424. The molecule has 4 aromatic rings. The largest absolute Gasteiger partial charge is 0.270 e. The lowest BCUT2D eigenvalue weighted by molar-refractivity contribution is -0.384. The van der Waals surface area contributed by atoms with Gasteiger partial charge in [0.05, 0.1) is 15.0 Å². The van der Waals surface area contributed by atoms with Crippen LogP contribution >= 0.6 is 35.0 Å². The summed E-state index contributed by atoms with van der Waals surface area (Å²) in [6.45, 7) is 0. The van der Waals surface area contributed by atoms with E-state index in [4.69, 9.17) is 23.2 Å². The molecule has 0 amide bonds. The van der Waals surface area contributed by atoms with Crippen LogP contribution in [0.5, 0.6) is 0 Å². The number of hydrogen-bond donors (Lipinski definition) is 0. The topological polar surface area (TPSA) is 73.8 Å². The average Bonchev–Trinajstić information content (AvgIpc) is 3.19. The van der Waals surface area contributed by atoms with Gasteiger partial charge in [0.1, 0.15) is 0 Å². The van der Waals surface area contributed by atoms with Crippen LogP contribution in [0.3, 0.4) is 0 Å². The van der Waals surface area contributed by atoms with Gasteiger partial charge in [0.2, 0.25) is 0 Å². The molecule has 0 unspecified atom stereocenters. The number of nitro benzene ring substituents is 1. The van der Waals surface area contributed by atoms with E-state index in [1.54, 1.807) is 18.2 Å². The molecule has 0 aliphatic heterocycles. The van der Waals surface area contributed by atoms with Crippen molar-refractivity contribution in [2.45, 2.75) is 10.9 Å². The standard InChI is InChI=1S/C21H14Cl2N4O2S/c22-18-10-9-14(11-19(18)23)13-30-21-25-24-20(26(21)16-6-2-1-3-7-16)15-5-4-8-17(12-15)27(28)29/h1-12H,13H2. The van der Waals surface area contributed by atoms with E-state index in [2.05, 4.69) is 10.2 Å². The second kappa shape index (κ2) is 8.87. The number of nitrogens with zero attached hydrogens (tertiary/aromatic N) is 4. The number of hydrogen-bond acceptors (Lipinski definition) is 5. The fourth-order valence-electron chi connectivity index (χ4n) is 2.90. The number of benzene rings is 3. The Balaban J connectivity index is 1.73. The number of aromatic nitrogens is 3. The van der Waals surface area contributed by atoms with Crippen molar-refractivity contribution in [2.75, 3.05) is 0 Å². The van der Waals surface area contributed by atoms with Gasteiger partial charge in [0, 0.05) is 29.1 Å². The van der Waals surface area contributed by atoms with Gasteiger partial charge in [-0.05, 0) is 29.8 Å². The molecule has 30 heavy (non-hydrogen) atoms. The molecule has 4 rings (SSSR count). The fraction of sp³-hybridized carbons (Fsp3) is 0.0476. The van der Waals surface area contributed by atoms with E-state index in [0.29, 0.717) is 32.3 Å². The van der Waals surface area contributed by atoms with Gasteiger partial charge in [-0.3, -0.25) is 14.7 Å². The first-order valence-corrected chi connectivity index (χ1v) is 10.6. The molecule has 0 saturated carbocycles. The molecule has 0 fully saturated rings. The number of thioether (sulfide) groups is 1. The maximum absolute atomic E-state index is 11.2. The summed E-state index contributed by atoms with van der Waals surface area (Å²) in [5.74, 6) is 1.14. The average molecular weight is 457 g/mol. The quantitative estimate of drug-likeness (QED) is 0.189. The third-order valence-electron chi connectivity index (χ3n) is 4.31. The number of para-hydroxylation sites is 1. The third-order valence-corrected chi connectivity index (χ3v) is 6.05. The molecule has 0 radical (unpaired) electrons. The van der Waals surface area contributed by atoms with E-state index >= 15 is 0 Å². The molecular formula is C21H14Cl2N4O2S. The lowest BCUT2D eigenvalue weighted by atomic mass is 10.2. The molecule has 9 heteroatoms. The van der Waals surface area contributed by atoms with Crippen LogP contribution in [0, 0.1) is 10.1 Å². The Hall–Kier alpha value is -2.87. The van der Waals surface area contributed by atoms with Crippen LogP contribution in [0.25, 0.3) is 17.1 Å². The van der Waals surface area contributed by atoms with Crippen molar-refractivity contribution in [1.29, 1.82) is 0 Å². The lowest BCUT2D eigenvalue weighted by Gasteiger charge is -2.10. The third kappa shape index (κ3) is 4.33. The van der Waals surface area contributed by atoms with Gasteiger partial charge in [0.25, 0.3) is 5.69 Å². The predicted molar refractivity (Wildman–Crippen MR) is 119 cm³/mol. The smallest absolute Gasteiger partial charge is 0.270 e. The molecule has 6 nitrogen and oxygen atoms in total. The highest BCUT2D eigenvalue weighted by molar-refractivity contribution is 7.98. The first kappa shape index (κ1) is 20.4. The summed E-state index contributed by atoms with van der Waals surface area (Å²) in [5, 5.41) is 21.5. The van der Waals surface area contributed by atoms with Crippen LogP contribution in [0.1, 0.15) is 5.56 Å². The number of nitro groups is 1. The molecule has 150 valence electrons. The van der Waals surface area contributed by atoms with Crippen LogP contribution in [0.2, 0.25) is 10.0 Å². The minimum absolute atomic E-state index is 0.000112. The molecule has 0 atom stereocenters. The second-order valence-corrected chi connectivity index (χ2v) is 8.08. The van der Waals surface area contributed by atoms with E-state index in [-0.39, 0.29) is 5.69 Å². The SMILES string of the molecule is O=[N+]([O-])c1cccc(-c2nnc(SCc3ccc(Cl)c(Cl)c3)n2-c2ccccc2)c1. The summed E-state index contributed by atoms with van der Waals surface area (Å²) in [6.07, 6.45) is 0. The van der Waals surface area contributed by atoms with Crippen LogP contribution in [-0.4, -0.2) is 19.7 Å². The molecule has 0 bridgehead atoms. The molecular weight excluding hydrogens is 443 g/mol. The highest BCUT2D eigenvalue weighted by Gasteiger charge is 2.18. The highest BCUT2D eigenvalue weighted by Crippen LogP contribution is 2.32. The summed E-state index contributed by atoms with van der Waals surface area (Å²) >= 11 is 13.6. The minimum Gasteiger partial charge on any atom is -0.270 e. The van der Waals surface area contributed by atoms with E-state index in [0.717, 1.165) is 11.3 Å². The first-order valence-electron chi connectivity index (χ1n) is 8.85. The zero-order valence-electron chi connectivity index (χ0n) is 15.4. The van der Waals surface area contributed by atoms with Crippen molar-refractivity contribution in [3.63, 3.8) is 0 Å². The summed E-state index contributed by atoms with van der Waals surface area (Å²) in [5.41, 5.74) is 2.47. The van der Waals surface area contributed by atoms with Crippen LogP contribution < -0.4 is 0 Å². The Morgan fingerprint density at radius 1 is 0.933 bits per heavy atom. The monoisotopic (exact) mass is 456 g/mol. The van der Waals surface area contributed by atoms with E-state index in [9.17, 15) is 10.1 Å². The lowest BCUT2D eigenvalue weighted by Crippen LogP contribution is -2.00. The Labute approximate surface area is 186 Å². The molecule has 0 aliphatic rings. The van der Waals surface area contributed by atoms with Crippen LogP contribution in [-0.2, 0) is 5.75 Å². The van der Waals surface area contributed by atoms with Crippen molar-refractivity contribution >= 4 is 40.7 Å². The molecule has 0 saturated heterocycles. The van der Waals surface area contributed by atoms with E-state index in [1.165, 1.54) is 23.9 Å². The fourth-order valence-corrected chi connectivity index (χ4v) is 4.11. The summed E-state index contributed by atoms with van der Waals surface area (Å²) in [4.78, 5) is 10.8. The van der Waals surface area contributed by atoms with Crippen molar-refractivity contribution in [3.05, 3.63) is 98.5 Å². The Bertz CT molecular complexity index is 1210. The maximum atomic E-state index is 11.2. The van der Waals surface area contributed by atoms with Crippen LogP contribution in [0.4, 0.5) is 5.69 Å². The molecule has 3 aromatic carbocycles. The van der Waals surface area contributed by atoms with Crippen molar-refractivity contribution in [1.82, 2.24) is 14.8 Å². The molecule has 0 aliphatic carbocycles. The van der Waals surface area contributed by atoms with Crippen molar-refractivity contribution in [3.8, 4) is 17.1 Å². The Morgan fingerprint density at radius 3 is 2.47 bits per heavy atom. The molecule has 1 heterocycles.